The number of rotatable bonds is 8. The van der Waals surface area contributed by atoms with Gasteiger partial charge in [0.2, 0.25) is 5.91 Å². The molecule has 2 aromatic carbocycles. The summed E-state index contributed by atoms with van der Waals surface area (Å²) < 4.78 is 13.4. The Hall–Kier alpha value is -2.62. The quantitative estimate of drug-likeness (QED) is 0.222. The van der Waals surface area contributed by atoms with Gasteiger partial charge in [0.25, 0.3) is 0 Å². The van der Waals surface area contributed by atoms with Gasteiger partial charge in [0, 0.05) is 62.7 Å². The van der Waals surface area contributed by atoms with E-state index in [0.717, 1.165) is 48.4 Å². The number of nitrogens with one attached hydrogen (secondary N) is 3. The van der Waals surface area contributed by atoms with Crippen molar-refractivity contribution in [1.82, 2.24) is 20.5 Å². The lowest BCUT2D eigenvalue weighted by atomic mass is 10.1. The highest BCUT2D eigenvalue weighted by molar-refractivity contribution is 14.0. The predicted octanol–water partition coefficient (Wildman–Crippen LogP) is 3.72. The molecule has 1 aliphatic heterocycles. The third-order valence-electron chi connectivity index (χ3n) is 6.01. The second-order valence-electron chi connectivity index (χ2n) is 8.28. The third kappa shape index (κ3) is 6.69. The van der Waals surface area contributed by atoms with Crippen LogP contribution in [-0.2, 0) is 17.6 Å². The maximum atomic E-state index is 13.4. The number of benzene rings is 2. The fourth-order valence-electron chi connectivity index (χ4n) is 4.26. The molecule has 33 heavy (non-hydrogen) atoms. The average molecular weight is 563 g/mol. The molecule has 0 spiro atoms. The number of aromatic amines is 1. The van der Waals surface area contributed by atoms with Crippen molar-refractivity contribution < 1.29 is 9.18 Å². The zero-order valence-corrected chi connectivity index (χ0v) is 21.1. The molecule has 1 saturated heterocycles. The fourth-order valence-corrected chi connectivity index (χ4v) is 4.26. The van der Waals surface area contributed by atoms with Crippen LogP contribution >= 0.6 is 24.0 Å². The summed E-state index contributed by atoms with van der Waals surface area (Å²) in [6, 6.07) is 15.1. The van der Waals surface area contributed by atoms with Crippen LogP contribution in [0.5, 0.6) is 0 Å². The molecule has 0 radical (unpaired) electrons. The first-order valence-corrected chi connectivity index (χ1v) is 11.1. The van der Waals surface area contributed by atoms with Crippen LogP contribution in [0.1, 0.15) is 17.5 Å². The number of fused-ring (bicyclic) bond motifs is 1. The van der Waals surface area contributed by atoms with Crippen LogP contribution in [0.15, 0.2) is 59.7 Å². The van der Waals surface area contributed by atoms with Gasteiger partial charge in [-0.1, -0.05) is 30.3 Å². The number of H-pyrrole nitrogens is 1. The minimum Gasteiger partial charge on any atom is -0.361 e. The van der Waals surface area contributed by atoms with Crippen LogP contribution in [0.2, 0.25) is 0 Å². The van der Waals surface area contributed by atoms with E-state index >= 15 is 0 Å². The highest BCUT2D eigenvalue weighted by atomic mass is 127. The average Bonchev–Trinajstić information content (AvgIpc) is 3.37. The lowest BCUT2D eigenvalue weighted by Gasteiger charge is -2.18. The van der Waals surface area contributed by atoms with E-state index in [1.807, 2.05) is 35.4 Å². The summed E-state index contributed by atoms with van der Waals surface area (Å²) in [6.07, 6.45) is 4.18. The molecule has 4 rings (SSSR count). The minimum atomic E-state index is -0.238. The van der Waals surface area contributed by atoms with Gasteiger partial charge < -0.3 is 20.5 Å². The number of hydrogen-bond donors (Lipinski definition) is 3. The zero-order chi connectivity index (χ0) is 22.3. The second kappa shape index (κ2) is 12.0. The van der Waals surface area contributed by atoms with Crippen molar-refractivity contribution >= 4 is 46.7 Å². The van der Waals surface area contributed by atoms with Gasteiger partial charge in [0.15, 0.2) is 5.96 Å². The summed E-state index contributed by atoms with van der Waals surface area (Å²) in [5, 5.41) is 7.72. The Morgan fingerprint density at radius 1 is 1.18 bits per heavy atom. The summed E-state index contributed by atoms with van der Waals surface area (Å²) in [5.41, 5.74) is 3.20. The van der Waals surface area contributed by atoms with E-state index in [-0.39, 0.29) is 41.6 Å². The van der Waals surface area contributed by atoms with Crippen LogP contribution in [0.3, 0.4) is 0 Å². The van der Waals surface area contributed by atoms with E-state index in [1.54, 1.807) is 7.05 Å². The van der Waals surface area contributed by atoms with Crippen LogP contribution in [0.25, 0.3) is 10.9 Å². The van der Waals surface area contributed by atoms with Gasteiger partial charge in [-0.15, -0.1) is 24.0 Å². The van der Waals surface area contributed by atoms with E-state index in [9.17, 15) is 9.18 Å². The Morgan fingerprint density at radius 2 is 2.00 bits per heavy atom. The second-order valence-corrected chi connectivity index (χ2v) is 8.28. The topological polar surface area (TPSA) is 72.5 Å². The van der Waals surface area contributed by atoms with Gasteiger partial charge in [0.05, 0.1) is 0 Å². The fraction of sp³-hybridized carbons (Fsp3) is 0.360. The molecule has 1 aromatic heterocycles. The number of amides is 1. The monoisotopic (exact) mass is 563 g/mol. The molecular formula is C25H31FIN5O. The third-order valence-corrected chi connectivity index (χ3v) is 6.01. The molecule has 1 fully saturated rings. The van der Waals surface area contributed by atoms with Crippen LogP contribution in [0, 0.1) is 11.7 Å². The molecule has 3 aromatic rings. The van der Waals surface area contributed by atoms with Crippen LogP contribution in [0.4, 0.5) is 4.39 Å². The molecular weight excluding hydrogens is 532 g/mol. The lowest BCUT2D eigenvalue weighted by molar-refractivity contribution is -0.127. The van der Waals surface area contributed by atoms with Gasteiger partial charge in [-0.2, -0.15) is 0 Å². The van der Waals surface area contributed by atoms with Crippen molar-refractivity contribution in [3.63, 3.8) is 0 Å². The molecule has 176 valence electrons. The number of aromatic nitrogens is 1. The molecule has 2 heterocycles. The number of likely N-dealkylation sites (tertiary alicyclic amines) is 1. The molecule has 0 aliphatic carbocycles. The van der Waals surface area contributed by atoms with Crippen LogP contribution in [-0.4, -0.2) is 55.0 Å². The summed E-state index contributed by atoms with van der Waals surface area (Å²) in [6.45, 7) is 2.96. The highest BCUT2D eigenvalue weighted by Gasteiger charge is 2.29. The number of carbonyl (C=O) groups excluding carboxylic acids is 1. The van der Waals surface area contributed by atoms with Crippen molar-refractivity contribution in [3.8, 4) is 0 Å². The number of halogens is 2. The van der Waals surface area contributed by atoms with Gasteiger partial charge in [-0.3, -0.25) is 9.79 Å². The van der Waals surface area contributed by atoms with Gasteiger partial charge in [-0.25, -0.2) is 4.39 Å². The van der Waals surface area contributed by atoms with Crippen molar-refractivity contribution in [2.45, 2.75) is 19.3 Å². The Bertz CT molecular complexity index is 1080. The number of hydrogen-bond acceptors (Lipinski definition) is 2. The highest BCUT2D eigenvalue weighted by Crippen LogP contribution is 2.20. The van der Waals surface area contributed by atoms with Gasteiger partial charge in [-0.05, 0) is 42.2 Å². The van der Waals surface area contributed by atoms with Crippen molar-refractivity contribution in [1.29, 1.82) is 0 Å². The number of guanidine groups is 1. The van der Waals surface area contributed by atoms with Gasteiger partial charge >= 0.3 is 0 Å². The molecule has 1 atom stereocenters. The Kier molecular flexibility index (Phi) is 9.11. The molecule has 6 nitrogen and oxygen atoms in total. The van der Waals surface area contributed by atoms with Crippen LogP contribution < -0.4 is 10.6 Å². The first-order chi connectivity index (χ1) is 15.6. The van der Waals surface area contributed by atoms with E-state index in [4.69, 9.17) is 0 Å². The zero-order valence-electron chi connectivity index (χ0n) is 18.8. The predicted molar refractivity (Wildman–Crippen MR) is 142 cm³/mol. The number of aliphatic imine (C=N–C) groups is 1. The Morgan fingerprint density at radius 3 is 2.79 bits per heavy atom. The number of carbonyl (C=O) groups is 1. The first kappa shape index (κ1) is 25.0. The summed E-state index contributed by atoms with van der Waals surface area (Å²) in [5.74, 6) is 0.996. The van der Waals surface area contributed by atoms with E-state index < -0.39 is 0 Å². The minimum absolute atomic E-state index is 0. The largest absolute Gasteiger partial charge is 0.361 e. The smallest absolute Gasteiger partial charge is 0.223 e. The first-order valence-electron chi connectivity index (χ1n) is 11.1. The van der Waals surface area contributed by atoms with E-state index in [1.165, 1.54) is 17.7 Å². The summed E-state index contributed by atoms with van der Waals surface area (Å²) >= 11 is 0. The molecule has 0 bridgehead atoms. The molecule has 1 unspecified atom stereocenters. The maximum Gasteiger partial charge on any atom is 0.223 e. The standard InChI is InChI=1S/C25H30FN5O.HI/c1-27-25(28-11-9-20-16-29-23-14-21(26)7-8-22(20)23)30-15-19-13-24(32)31(17-19)12-10-18-5-3-2-4-6-18;/h2-8,14,16,19,29H,9-13,15,17H2,1H3,(H2,27,28,30);1H. The Labute approximate surface area is 211 Å². The molecule has 8 heteroatoms. The summed E-state index contributed by atoms with van der Waals surface area (Å²) in [7, 11) is 1.75. The molecule has 3 N–H and O–H groups in total. The van der Waals surface area contributed by atoms with Crippen molar-refractivity contribution in [2.75, 3.05) is 33.2 Å². The SMILES string of the molecule is CN=C(NCCc1c[nH]c2cc(F)ccc12)NCC1CC(=O)N(CCc2ccccc2)C1.I. The van der Waals surface area contributed by atoms with Crippen molar-refractivity contribution in [3.05, 3.63) is 71.7 Å². The summed E-state index contributed by atoms with van der Waals surface area (Å²) in [4.78, 5) is 21.8. The molecule has 1 amide bonds. The van der Waals surface area contributed by atoms with E-state index in [0.29, 0.717) is 19.5 Å². The molecule has 0 saturated carbocycles. The Balaban J connectivity index is 0.00000306. The van der Waals surface area contributed by atoms with Gasteiger partial charge in [0.1, 0.15) is 5.82 Å². The maximum absolute atomic E-state index is 13.4. The normalized spacial score (nSPS) is 16.2. The lowest BCUT2D eigenvalue weighted by Crippen LogP contribution is -2.41. The van der Waals surface area contributed by atoms with E-state index in [2.05, 4.69) is 32.7 Å². The van der Waals surface area contributed by atoms with Crippen molar-refractivity contribution in [2.24, 2.45) is 10.9 Å². The molecule has 1 aliphatic rings. The number of nitrogens with zero attached hydrogens (tertiary/aromatic N) is 2.